The van der Waals surface area contributed by atoms with E-state index in [1.54, 1.807) is 23.0 Å². The van der Waals surface area contributed by atoms with Crippen molar-refractivity contribution in [3.8, 4) is 5.69 Å². The molecule has 0 saturated heterocycles. The monoisotopic (exact) mass is 470 g/mol. The van der Waals surface area contributed by atoms with Crippen molar-refractivity contribution < 1.29 is 9.21 Å². The molecule has 3 N–H and O–H groups in total. The molecule has 0 aliphatic rings. The lowest BCUT2D eigenvalue weighted by Gasteiger charge is -2.18. The molecule has 4 rings (SSSR count). The fourth-order valence-electron chi connectivity index (χ4n) is 3.37. The molecular formula is C22H23ClN6O2S. The smallest absolute Gasteiger partial charge is 0.233 e. The number of carbonyl (C=O) groups is 1. The van der Waals surface area contributed by atoms with Gasteiger partial charge < -0.3 is 9.73 Å². The minimum atomic E-state index is -0.408. The number of nitrogens with zero attached hydrogens (tertiary/aromatic N) is 3. The Bertz CT molecular complexity index is 1330. The van der Waals surface area contributed by atoms with Crippen LogP contribution in [-0.2, 0) is 11.3 Å². The number of halogens is 1. The normalized spacial score (nSPS) is 12.2. The number of aromatic nitrogens is 4. The van der Waals surface area contributed by atoms with Gasteiger partial charge in [-0.1, -0.05) is 30.3 Å². The fraction of sp³-hybridized carbons (Fsp3) is 0.273. The van der Waals surface area contributed by atoms with Crippen molar-refractivity contribution in [2.24, 2.45) is 0 Å². The van der Waals surface area contributed by atoms with Crippen LogP contribution < -0.4 is 10.8 Å². The van der Waals surface area contributed by atoms with E-state index in [1.807, 2.05) is 39.0 Å². The molecule has 1 atom stereocenters. The number of hydrogen-bond acceptors (Lipinski definition) is 6. The minimum absolute atomic E-state index is 0.126. The number of thioether (sulfide) groups is 1. The molecule has 0 saturated carbocycles. The Balaban J connectivity index is 1.74. The average molecular weight is 471 g/mol. The van der Waals surface area contributed by atoms with E-state index in [0.29, 0.717) is 39.9 Å². The highest BCUT2D eigenvalue weighted by Crippen LogP contribution is 2.28. The van der Waals surface area contributed by atoms with Gasteiger partial charge in [-0.3, -0.25) is 19.9 Å². The number of amides is 1. The summed E-state index contributed by atoms with van der Waals surface area (Å²) in [5, 5.41) is 20.3. The Hall–Kier alpha value is -3.04. The van der Waals surface area contributed by atoms with Crippen molar-refractivity contribution in [1.29, 1.82) is 5.41 Å². The van der Waals surface area contributed by atoms with Crippen molar-refractivity contribution in [1.82, 2.24) is 25.1 Å². The highest BCUT2D eigenvalue weighted by molar-refractivity contribution is 8.00. The summed E-state index contributed by atoms with van der Waals surface area (Å²) in [5.74, 6) is 0.560. The Labute approximate surface area is 193 Å². The number of nitrogens with one attached hydrogen (secondary N) is 3. The van der Waals surface area contributed by atoms with Gasteiger partial charge in [-0.05, 0) is 56.2 Å². The summed E-state index contributed by atoms with van der Waals surface area (Å²) in [6.45, 7) is 6.03. The number of H-pyrrole nitrogens is 1. The van der Waals surface area contributed by atoms with Gasteiger partial charge in [0, 0.05) is 16.4 Å². The van der Waals surface area contributed by atoms with Crippen LogP contribution in [0, 0.1) is 19.3 Å². The molecule has 3 heterocycles. The molecule has 4 aromatic rings. The van der Waals surface area contributed by atoms with Gasteiger partial charge in [0.15, 0.2) is 10.8 Å². The lowest BCUT2D eigenvalue weighted by atomic mass is 10.2. The maximum absolute atomic E-state index is 12.9. The summed E-state index contributed by atoms with van der Waals surface area (Å²) in [6, 6.07) is 9.15. The number of aromatic amines is 1. The van der Waals surface area contributed by atoms with Crippen LogP contribution in [0.15, 0.2) is 46.2 Å². The predicted molar refractivity (Wildman–Crippen MR) is 124 cm³/mol. The van der Waals surface area contributed by atoms with Crippen LogP contribution in [0.2, 0.25) is 5.02 Å². The number of fused-ring (bicyclic) bond motifs is 1. The summed E-state index contributed by atoms with van der Waals surface area (Å²) in [4.78, 5) is 17.6. The molecule has 0 radical (unpaired) electrons. The fourth-order valence-corrected chi connectivity index (χ4v) is 4.54. The van der Waals surface area contributed by atoms with Gasteiger partial charge in [0.05, 0.1) is 23.4 Å². The highest BCUT2D eigenvalue weighted by Gasteiger charge is 2.23. The third-order valence-electron chi connectivity index (χ3n) is 5.11. The Morgan fingerprint density at radius 2 is 2.19 bits per heavy atom. The molecule has 32 heavy (non-hydrogen) atoms. The zero-order valence-corrected chi connectivity index (χ0v) is 19.5. The van der Waals surface area contributed by atoms with Crippen LogP contribution in [0.3, 0.4) is 0 Å². The first-order valence-electron chi connectivity index (χ1n) is 10.1. The molecule has 0 aliphatic carbocycles. The van der Waals surface area contributed by atoms with Crippen LogP contribution in [0.1, 0.15) is 30.4 Å². The molecule has 10 heteroatoms. The summed E-state index contributed by atoms with van der Waals surface area (Å²) in [5.41, 5.74) is 3.09. The molecule has 0 aliphatic heterocycles. The Morgan fingerprint density at radius 3 is 2.88 bits per heavy atom. The van der Waals surface area contributed by atoms with Gasteiger partial charge in [0.25, 0.3) is 0 Å². The van der Waals surface area contributed by atoms with Crippen molar-refractivity contribution in [3.63, 3.8) is 0 Å². The van der Waals surface area contributed by atoms with Gasteiger partial charge in [0.1, 0.15) is 11.2 Å². The summed E-state index contributed by atoms with van der Waals surface area (Å²) in [6.07, 6.45) is 2.16. The Kier molecular flexibility index (Phi) is 6.38. The first kappa shape index (κ1) is 22.2. The second-order valence-electron chi connectivity index (χ2n) is 7.37. The molecule has 166 valence electrons. The van der Waals surface area contributed by atoms with Crippen LogP contribution in [-0.4, -0.2) is 30.9 Å². The van der Waals surface area contributed by atoms with E-state index in [2.05, 4.69) is 15.5 Å². The van der Waals surface area contributed by atoms with E-state index in [4.69, 9.17) is 26.4 Å². The van der Waals surface area contributed by atoms with Gasteiger partial charge in [-0.2, -0.15) is 5.10 Å². The highest BCUT2D eigenvalue weighted by atomic mass is 35.5. The van der Waals surface area contributed by atoms with Crippen molar-refractivity contribution in [3.05, 3.63) is 64.1 Å². The lowest BCUT2D eigenvalue weighted by Crippen LogP contribution is -2.32. The molecule has 3 aromatic heterocycles. The first-order chi connectivity index (χ1) is 15.4. The zero-order valence-electron chi connectivity index (χ0n) is 17.9. The number of benzene rings is 1. The average Bonchev–Trinajstić information content (AvgIpc) is 3.42. The van der Waals surface area contributed by atoms with Crippen molar-refractivity contribution in [2.75, 3.05) is 0 Å². The largest absolute Gasteiger partial charge is 0.467 e. The summed E-state index contributed by atoms with van der Waals surface area (Å²) in [7, 11) is 0. The van der Waals surface area contributed by atoms with E-state index in [-0.39, 0.29) is 11.4 Å². The molecule has 0 bridgehead atoms. The SMILES string of the molecule is CCC(Sc1nc2n[nH]c(C)c2c(=N)n1-c1ccc(Cl)c(C)c1)C(=O)NCc1ccco1. The van der Waals surface area contributed by atoms with Crippen LogP contribution in [0.25, 0.3) is 16.7 Å². The van der Waals surface area contributed by atoms with Gasteiger partial charge >= 0.3 is 0 Å². The molecule has 1 aromatic carbocycles. The number of aryl methyl sites for hydroxylation is 2. The maximum atomic E-state index is 12.9. The van der Waals surface area contributed by atoms with E-state index in [9.17, 15) is 4.79 Å². The second kappa shape index (κ2) is 9.22. The van der Waals surface area contributed by atoms with Gasteiger partial charge in [-0.25, -0.2) is 4.98 Å². The summed E-state index contributed by atoms with van der Waals surface area (Å²) < 4.78 is 7.03. The third-order valence-corrected chi connectivity index (χ3v) is 6.85. The van der Waals surface area contributed by atoms with Gasteiger partial charge in [0.2, 0.25) is 5.91 Å². The van der Waals surface area contributed by atoms with Crippen LogP contribution >= 0.6 is 23.4 Å². The van der Waals surface area contributed by atoms with Crippen molar-refractivity contribution >= 4 is 40.3 Å². The van der Waals surface area contributed by atoms with Crippen LogP contribution in [0.5, 0.6) is 0 Å². The zero-order chi connectivity index (χ0) is 22.8. The topological polar surface area (TPSA) is 113 Å². The van der Waals surface area contributed by atoms with E-state index < -0.39 is 5.25 Å². The van der Waals surface area contributed by atoms with Gasteiger partial charge in [-0.15, -0.1) is 0 Å². The number of rotatable bonds is 7. The maximum Gasteiger partial charge on any atom is 0.233 e. The van der Waals surface area contributed by atoms with Crippen molar-refractivity contribution in [2.45, 2.75) is 44.1 Å². The van der Waals surface area contributed by atoms with E-state index in [1.165, 1.54) is 11.8 Å². The Morgan fingerprint density at radius 1 is 1.38 bits per heavy atom. The first-order valence-corrected chi connectivity index (χ1v) is 11.4. The molecular weight excluding hydrogens is 448 g/mol. The molecule has 1 unspecified atom stereocenters. The number of hydrogen-bond donors (Lipinski definition) is 3. The second-order valence-corrected chi connectivity index (χ2v) is 8.95. The van der Waals surface area contributed by atoms with Crippen LogP contribution in [0.4, 0.5) is 0 Å². The standard InChI is InChI=1S/C22H23ClN6O2S/c1-4-17(21(30)25-11-15-6-5-9-31-15)32-22-26-20-18(13(3)27-28-20)19(24)29(22)14-7-8-16(23)12(2)10-14/h5-10,17,24H,4,11H2,1-3H3,(H,25,30)(H,27,28). The molecule has 1 amide bonds. The third kappa shape index (κ3) is 4.31. The molecule has 0 fully saturated rings. The molecule has 8 nitrogen and oxygen atoms in total. The quantitative estimate of drug-likeness (QED) is 0.275. The summed E-state index contributed by atoms with van der Waals surface area (Å²) >= 11 is 7.53. The van der Waals surface area contributed by atoms with E-state index in [0.717, 1.165) is 16.9 Å². The van der Waals surface area contributed by atoms with E-state index >= 15 is 0 Å². The number of carbonyl (C=O) groups excluding carboxylic acids is 1. The minimum Gasteiger partial charge on any atom is -0.467 e. The lowest BCUT2D eigenvalue weighted by molar-refractivity contribution is -0.120. The molecule has 0 spiro atoms. The number of furan rings is 1. The predicted octanol–water partition coefficient (Wildman–Crippen LogP) is 4.28.